The molecule has 0 unspecified atom stereocenters. The number of anilines is 2. The van der Waals surface area contributed by atoms with Gasteiger partial charge in [0, 0.05) is 24.7 Å². The number of sulfone groups is 1. The molecule has 0 fully saturated rings. The molecule has 0 saturated heterocycles. The maximum Gasteiger partial charge on any atom is 0.175 e. The molecule has 3 nitrogen and oxygen atoms in total. The summed E-state index contributed by atoms with van der Waals surface area (Å²) in [6.07, 6.45) is 1.21. The third-order valence-corrected chi connectivity index (χ3v) is 3.92. The van der Waals surface area contributed by atoms with E-state index in [1.807, 2.05) is 54.4 Å². The van der Waals surface area contributed by atoms with Gasteiger partial charge in [-0.1, -0.05) is 18.2 Å². The molecule has 4 heteroatoms. The zero-order valence-electron chi connectivity index (χ0n) is 10.4. The molecule has 94 valence electrons. The predicted molar refractivity (Wildman–Crippen MR) is 74.1 cm³/mol. The van der Waals surface area contributed by atoms with Gasteiger partial charge in [-0.05, 0) is 36.4 Å². The molecule has 0 spiro atoms. The van der Waals surface area contributed by atoms with E-state index in [2.05, 4.69) is 0 Å². The van der Waals surface area contributed by atoms with Gasteiger partial charge in [-0.3, -0.25) is 0 Å². The van der Waals surface area contributed by atoms with Crippen molar-refractivity contribution in [2.75, 3.05) is 18.2 Å². The lowest BCUT2D eigenvalue weighted by molar-refractivity contribution is 0.602. The molecule has 0 aromatic heterocycles. The summed E-state index contributed by atoms with van der Waals surface area (Å²) in [4.78, 5) is 2.35. The summed E-state index contributed by atoms with van der Waals surface area (Å²) < 4.78 is 22.7. The third kappa shape index (κ3) is 2.71. The molecule has 2 aromatic rings. The Bertz CT molecular complexity index is 619. The van der Waals surface area contributed by atoms with Gasteiger partial charge in [0.15, 0.2) is 9.84 Å². The second-order valence-electron chi connectivity index (χ2n) is 4.16. The molecule has 0 radical (unpaired) electrons. The van der Waals surface area contributed by atoms with E-state index in [-0.39, 0.29) is 0 Å². The minimum atomic E-state index is -3.13. The van der Waals surface area contributed by atoms with Gasteiger partial charge in [-0.15, -0.1) is 0 Å². The second-order valence-corrected chi connectivity index (χ2v) is 6.18. The first-order valence-electron chi connectivity index (χ1n) is 5.57. The first-order chi connectivity index (χ1) is 8.48. The van der Waals surface area contributed by atoms with Crippen LogP contribution in [0.5, 0.6) is 0 Å². The Kier molecular flexibility index (Phi) is 3.39. The van der Waals surface area contributed by atoms with Crippen LogP contribution in [0.3, 0.4) is 0 Å². The van der Waals surface area contributed by atoms with E-state index in [4.69, 9.17) is 0 Å². The number of hydrogen-bond acceptors (Lipinski definition) is 3. The number of para-hydroxylation sites is 1. The smallest absolute Gasteiger partial charge is 0.175 e. The van der Waals surface area contributed by atoms with E-state index in [1.54, 1.807) is 12.1 Å². The van der Waals surface area contributed by atoms with E-state index >= 15 is 0 Å². The van der Waals surface area contributed by atoms with Crippen LogP contribution in [0.2, 0.25) is 0 Å². The lowest BCUT2D eigenvalue weighted by Crippen LogP contribution is -2.09. The third-order valence-electron chi connectivity index (χ3n) is 2.80. The molecular formula is C14H15NO2S. The van der Waals surface area contributed by atoms with Gasteiger partial charge in [0.25, 0.3) is 0 Å². The highest BCUT2D eigenvalue weighted by Gasteiger charge is 2.08. The number of hydrogen-bond donors (Lipinski definition) is 0. The highest BCUT2D eigenvalue weighted by Crippen LogP contribution is 2.24. The Morgan fingerprint density at radius 3 is 1.83 bits per heavy atom. The monoisotopic (exact) mass is 261 g/mol. The van der Waals surface area contributed by atoms with Crippen LogP contribution in [0.15, 0.2) is 59.5 Å². The summed E-state index contributed by atoms with van der Waals surface area (Å²) in [7, 11) is -1.18. The second kappa shape index (κ2) is 4.82. The van der Waals surface area contributed by atoms with Crippen LogP contribution < -0.4 is 4.90 Å². The summed E-state index contributed by atoms with van der Waals surface area (Å²) >= 11 is 0. The van der Waals surface area contributed by atoms with Crippen molar-refractivity contribution in [2.24, 2.45) is 0 Å². The molecule has 0 aliphatic carbocycles. The maximum absolute atomic E-state index is 11.4. The fraction of sp³-hybridized carbons (Fsp3) is 0.143. The Labute approximate surface area is 108 Å². The van der Waals surface area contributed by atoms with Gasteiger partial charge in [-0.25, -0.2) is 8.42 Å². The Morgan fingerprint density at radius 2 is 1.33 bits per heavy atom. The van der Waals surface area contributed by atoms with Gasteiger partial charge in [-0.2, -0.15) is 0 Å². The largest absolute Gasteiger partial charge is 0.345 e. The van der Waals surface area contributed by atoms with Crippen molar-refractivity contribution in [3.63, 3.8) is 0 Å². The van der Waals surface area contributed by atoms with Crippen molar-refractivity contribution in [2.45, 2.75) is 4.90 Å². The van der Waals surface area contributed by atoms with Crippen molar-refractivity contribution < 1.29 is 8.42 Å². The fourth-order valence-electron chi connectivity index (χ4n) is 1.72. The van der Waals surface area contributed by atoms with E-state index in [9.17, 15) is 8.42 Å². The average Bonchev–Trinajstić information content (AvgIpc) is 2.38. The SMILES string of the molecule is CN(c1ccccc1)c1ccc(S(C)(=O)=O)cc1. The lowest BCUT2D eigenvalue weighted by Gasteiger charge is -2.19. The summed E-state index contributed by atoms with van der Waals surface area (Å²) in [5.41, 5.74) is 2.01. The van der Waals surface area contributed by atoms with E-state index in [1.165, 1.54) is 6.26 Å². The topological polar surface area (TPSA) is 37.4 Å². The van der Waals surface area contributed by atoms with Crippen molar-refractivity contribution >= 4 is 21.2 Å². The normalized spacial score (nSPS) is 11.2. The molecule has 0 aliphatic heterocycles. The highest BCUT2D eigenvalue weighted by molar-refractivity contribution is 7.90. The van der Waals surface area contributed by atoms with Gasteiger partial charge in [0.2, 0.25) is 0 Å². The lowest BCUT2D eigenvalue weighted by atomic mass is 10.2. The minimum Gasteiger partial charge on any atom is -0.345 e. The number of benzene rings is 2. The van der Waals surface area contributed by atoms with Crippen molar-refractivity contribution in [1.82, 2.24) is 0 Å². The molecule has 18 heavy (non-hydrogen) atoms. The summed E-state index contributed by atoms with van der Waals surface area (Å²) in [5, 5.41) is 0. The molecule has 2 aromatic carbocycles. The summed E-state index contributed by atoms with van der Waals surface area (Å²) in [6.45, 7) is 0. The average molecular weight is 261 g/mol. The number of nitrogens with zero attached hydrogens (tertiary/aromatic N) is 1. The Balaban J connectivity index is 2.31. The predicted octanol–water partition coefficient (Wildman–Crippen LogP) is 2.86. The molecular weight excluding hydrogens is 246 g/mol. The summed E-state index contributed by atoms with van der Waals surface area (Å²) in [6, 6.07) is 16.8. The maximum atomic E-state index is 11.4. The molecule has 0 heterocycles. The van der Waals surface area contributed by atoms with Gasteiger partial charge in [0.05, 0.1) is 4.90 Å². The molecule has 0 atom stereocenters. The summed E-state index contributed by atoms with van der Waals surface area (Å²) in [5.74, 6) is 0. The van der Waals surface area contributed by atoms with Gasteiger partial charge in [0.1, 0.15) is 0 Å². The van der Waals surface area contributed by atoms with Gasteiger partial charge < -0.3 is 4.90 Å². The minimum absolute atomic E-state index is 0.340. The first-order valence-corrected chi connectivity index (χ1v) is 7.46. The first kappa shape index (κ1) is 12.6. The molecule has 0 saturated carbocycles. The zero-order chi connectivity index (χ0) is 13.2. The molecule has 0 amide bonds. The van der Waals surface area contributed by atoms with Crippen LogP contribution in [-0.4, -0.2) is 21.7 Å². The zero-order valence-corrected chi connectivity index (χ0v) is 11.2. The van der Waals surface area contributed by atoms with E-state index < -0.39 is 9.84 Å². The number of rotatable bonds is 3. The van der Waals surface area contributed by atoms with Crippen LogP contribution in [0.1, 0.15) is 0 Å². The Morgan fingerprint density at radius 1 is 0.833 bits per heavy atom. The molecule has 0 aliphatic rings. The van der Waals surface area contributed by atoms with Crippen molar-refractivity contribution in [3.05, 3.63) is 54.6 Å². The Hall–Kier alpha value is -1.81. The van der Waals surface area contributed by atoms with E-state index in [0.717, 1.165) is 11.4 Å². The molecule has 0 bridgehead atoms. The quantitative estimate of drug-likeness (QED) is 0.852. The van der Waals surface area contributed by atoms with Crippen LogP contribution >= 0.6 is 0 Å². The van der Waals surface area contributed by atoms with Crippen LogP contribution in [-0.2, 0) is 9.84 Å². The van der Waals surface area contributed by atoms with Crippen LogP contribution in [0, 0.1) is 0 Å². The highest BCUT2D eigenvalue weighted by atomic mass is 32.2. The molecule has 0 N–H and O–H groups in total. The van der Waals surface area contributed by atoms with Crippen molar-refractivity contribution in [3.8, 4) is 0 Å². The van der Waals surface area contributed by atoms with Gasteiger partial charge >= 0.3 is 0 Å². The van der Waals surface area contributed by atoms with E-state index in [0.29, 0.717) is 4.90 Å². The standard InChI is InChI=1S/C14H15NO2S/c1-15(12-6-4-3-5-7-12)13-8-10-14(11-9-13)18(2,16)17/h3-11H,1-2H3. The fourth-order valence-corrected chi connectivity index (χ4v) is 2.35. The van der Waals surface area contributed by atoms with Crippen LogP contribution in [0.4, 0.5) is 11.4 Å². The van der Waals surface area contributed by atoms with Crippen LogP contribution in [0.25, 0.3) is 0 Å². The molecule has 2 rings (SSSR count). The van der Waals surface area contributed by atoms with Crippen molar-refractivity contribution in [1.29, 1.82) is 0 Å².